The number of nitrogens with zero attached hydrogens (tertiary/aromatic N) is 3. The Balaban J connectivity index is 1.85. The molecule has 2 unspecified atom stereocenters. The maximum absolute atomic E-state index is 12.7. The number of benzene rings is 1. The summed E-state index contributed by atoms with van der Waals surface area (Å²) in [4.78, 5) is 33.6. The van der Waals surface area contributed by atoms with Gasteiger partial charge in [0.05, 0.1) is 6.04 Å². The fraction of sp³-hybridized carbons (Fsp3) is 0.176. The standard InChI is InChI=1S/C17H17N5O6S2/c1-28-21-13(11-9-29-17(18)19-11)15(23)20-14-12(22(16(14)24)30(25,26)27)8-7-10-5-3-2-4-6-10/h2-9,12,14H,1H3,(H2,18,19)(H,20,23)(H,25,26,27)/b8-7+,21-13-. The first-order chi connectivity index (χ1) is 14.2. The second-order valence-corrected chi connectivity index (χ2v) is 8.20. The summed E-state index contributed by atoms with van der Waals surface area (Å²) in [5.74, 6) is -1.82. The van der Waals surface area contributed by atoms with Crippen molar-refractivity contribution in [1.82, 2.24) is 14.6 Å². The molecule has 1 aromatic heterocycles. The van der Waals surface area contributed by atoms with E-state index in [0.717, 1.165) is 16.9 Å². The van der Waals surface area contributed by atoms with Gasteiger partial charge in [0.2, 0.25) is 0 Å². The molecule has 2 heterocycles. The van der Waals surface area contributed by atoms with Gasteiger partial charge in [-0.2, -0.15) is 8.42 Å². The van der Waals surface area contributed by atoms with Crippen molar-refractivity contribution in [2.45, 2.75) is 12.1 Å². The molecular weight excluding hydrogens is 434 g/mol. The van der Waals surface area contributed by atoms with Gasteiger partial charge in [-0.15, -0.1) is 11.3 Å². The molecule has 13 heteroatoms. The van der Waals surface area contributed by atoms with Gasteiger partial charge in [-0.1, -0.05) is 47.6 Å². The fourth-order valence-corrected chi connectivity index (χ4v) is 4.15. The van der Waals surface area contributed by atoms with E-state index >= 15 is 0 Å². The Morgan fingerprint density at radius 3 is 2.67 bits per heavy atom. The lowest BCUT2D eigenvalue weighted by Crippen LogP contribution is -2.71. The fourth-order valence-electron chi connectivity index (χ4n) is 2.76. The average Bonchev–Trinajstić information content (AvgIpc) is 3.12. The van der Waals surface area contributed by atoms with E-state index in [0.29, 0.717) is 0 Å². The van der Waals surface area contributed by atoms with Gasteiger partial charge < -0.3 is 15.9 Å². The largest absolute Gasteiger partial charge is 0.398 e. The Morgan fingerprint density at radius 2 is 2.10 bits per heavy atom. The first-order valence-corrected chi connectivity index (χ1v) is 10.7. The minimum atomic E-state index is -4.82. The first-order valence-electron chi connectivity index (χ1n) is 8.39. The number of oxime groups is 1. The number of β-lactam (4-membered cyclic amide) rings is 1. The first kappa shape index (κ1) is 21.4. The zero-order chi connectivity index (χ0) is 21.9. The number of anilines is 1. The van der Waals surface area contributed by atoms with E-state index in [4.69, 9.17) is 5.73 Å². The van der Waals surface area contributed by atoms with E-state index in [2.05, 4.69) is 20.3 Å². The van der Waals surface area contributed by atoms with Crippen LogP contribution in [0.3, 0.4) is 0 Å². The van der Waals surface area contributed by atoms with Crippen LogP contribution < -0.4 is 11.1 Å². The number of aromatic nitrogens is 1. The van der Waals surface area contributed by atoms with Crippen LogP contribution in [0.4, 0.5) is 5.13 Å². The zero-order valence-corrected chi connectivity index (χ0v) is 17.1. The van der Waals surface area contributed by atoms with Crippen LogP contribution in [-0.4, -0.2) is 59.0 Å². The number of nitrogen functional groups attached to an aromatic ring is 1. The molecule has 4 N–H and O–H groups in total. The van der Waals surface area contributed by atoms with Crippen LogP contribution >= 0.6 is 11.3 Å². The second kappa shape index (κ2) is 8.61. The van der Waals surface area contributed by atoms with Gasteiger partial charge in [0, 0.05) is 5.38 Å². The Morgan fingerprint density at radius 1 is 1.40 bits per heavy atom. The average molecular weight is 451 g/mol. The molecule has 2 amide bonds. The Bertz CT molecular complexity index is 1110. The van der Waals surface area contributed by atoms with Crippen molar-refractivity contribution in [3.8, 4) is 0 Å². The highest BCUT2D eigenvalue weighted by atomic mass is 32.2. The third kappa shape index (κ3) is 4.48. The van der Waals surface area contributed by atoms with E-state index in [1.165, 1.54) is 18.6 Å². The molecule has 0 spiro atoms. The summed E-state index contributed by atoms with van der Waals surface area (Å²) in [5.41, 5.74) is 6.19. The Labute approximate surface area is 175 Å². The van der Waals surface area contributed by atoms with Crippen LogP contribution in [-0.2, 0) is 24.7 Å². The number of nitrogens with two attached hydrogens (primary N) is 1. The van der Waals surface area contributed by atoms with Crippen LogP contribution in [0.1, 0.15) is 11.3 Å². The number of nitrogens with one attached hydrogen (secondary N) is 1. The summed E-state index contributed by atoms with van der Waals surface area (Å²) in [6.07, 6.45) is 2.96. The lowest BCUT2D eigenvalue weighted by atomic mass is 9.97. The SMILES string of the molecule is CO/N=C(\C(=O)NC1C(=O)N(S(=O)(=O)O)C1/C=C/c1ccccc1)c1csc(N)n1. The monoisotopic (exact) mass is 451 g/mol. The highest BCUT2D eigenvalue weighted by Gasteiger charge is 2.53. The molecule has 1 aromatic carbocycles. The summed E-state index contributed by atoms with van der Waals surface area (Å²) in [6.45, 7) is 0. The van der Waals surface area contributed by atoms with Gasteiger partial charge in [0.25, 0.3) is 11.8 Å². The van der Waals surface area contributed by atoms with E-state index in [1.54, 1.807) is 36.4 Å². The van der Waals surface area contributed by atoms with Gasteiger partial charge in [-0.05, 0) is 5.56 Å². The molecule has 158 valence electrons. The summed E-state index contributed by atoms with van der Waals surface area (Å²) < 4.78 is 32.8. The molecule has 1 aliphatic heterocycles. The Hall–Kier alpha value is -3.29. The lowest BCUT2D eigenvalue weighted by Gasteiger charge is -2.42. The van der Waals surface area contributed by atoms with Gasteiger partial charge in [-0.25, -0.2) is 9.29 Å². The van der Waals surface area contributed by atoms with E-state index in [1.807, 2.05) is 0 Å². The molecule has 2 atom stereocenters. The van der Waals surface area contributed by atoms with E-state index < -0.39 is 34.2 Å². The molecule has 1 fully saturated rings. The summed E-state index contributed by atoms with van der Waals surface area (Å²) in [6, 6.07) is 6.49. The summed E-state index contributed by atoms with van der Waals surface area (Å²) >= 11 is 1.08. The molecule has 0 radical (unpaired) electrons. The highest BCUT2D eigenvalue weighted by molar-refractivity contribution is 7.84. The predicted molar refractivity (Wildman–Crippen MR) is 110 cm³/mol. The zero-order valence-electron chi connectivity index (χ0n) is 15.5. The molecule has 11 nitrogen and oxygen atoms in total. The number of carbonyl (C=O) groups is 2. The maximum atomic E-state index is 12.7. The number of hydrogen-bond acceptors (Lipinski definition) is 9. The van der Waals surface area contributed by atoms with Crippen molar-refractivity contribution < 1.29 is 27.4 Å². The highest BCUT2D eigenvalue weighted by Crippen LogP contribution is 2.26. The Kier molecular flexibility index (Phi) is 6.14. The van der Waals surface area contributed by atoms with Gasteiger partial charge in [0.1, 0.15) is 18.8 Å². The molecular formula is C17H17N5O6S2. The number of rotatable bonds is 7. The summed E-state index contributed by atoms with van der Waals surface area (Å²) in [7, 11) is -3.59. The van der Waals surface area contributed by atoms with E-state index in [9.17, 15) is 22.6 Å². The number of carbonyl (C=O) groups excluding carboxylic acids is 2. The number of thiazole rings is 1. The predicted octanol–water partition coefficient (Wildman–Crippen LogP) is 0.288. The molecule has 30 heavy (non-hydrogen) atoms. The summed E-state index contributed by atoms with van der Waals surface area (Å²) in [5, 5.41) is 7.69. The molecule has 3 rings (SSSR count). The molecule has 1 aliphatic rings. The minimum Gasteiger partial charge on any atom is -0.398 e. The van der Waals surface area contributed by atoms with Gasteiger partial charge in [-0.3, -0.25) is 14.1 Å². The van der Waals surface area contributed by atoms with Crippen LogP contribution in [0, 0.1) is 0 Å². The van der Waals surface area contributed by atoms with Crippen LogP contribution in [0.15, 0.2) is 46.9 Å². The normalized spacial score (nSPS) is 19.6. The topological polar surface area (TPSA) is 164 Å². The van der Waals surface area contributed by atoms with Crippen molar-refractivity contribution in [3.05, 3.63) is 53.0 Å². The number of hydrogen-bond donors (Lipinski definition) is 3. The van der Waals surface area contributed by atoms with Crippen molar-refractivity contribution in [3.63, 3.8) is 0 Å². The van der Waals surface area contributed by atoms with Gasteiger partial charge in [0.15, 0.2) is 10.8 Å². The van der Waals surface area contributed by atoms with Crippen LogP contribution in [0.2, 0.25) is 0 Å². The third-order valence-corrected chi connectivity index (χ3v) is 5.67. The van der Waals surface area contributed by atoms with Crippen molar-refractivity contribution >= 4 is 50.4 Å². The minimum absolute atomic E-state index is 0.131. The lowest BCUT2D eigenvalue weighted by molar-refractivity contribution is -0.142. The quantitative estimate of drug-likeness (QED) is 0.234. The van der Waals surface area contributed by atoms with Crippen molar-refractivity contribution in [2.24, 2.45) is 5.16 Å². The molecule has 0 aliphatic carbocycles. The number of amides is 2. The van der Waals surface area contributed by atoms with Crippen molar-refractivity contribution in [1.29, 1.82) is 0 Å². The smallest absolute Gasteiger partial charge is 0.362 e. The third-order valence-electron chi connectivity index (χ3n) is 4.08. The molecule has 1 saturated heterocycles. The van der Waals surface area contributed by atoms with Gasteiger partial charge >= 0.3 is 10.3 Å². The molecule has 0 bridgehead atoms. The molecule has 0 saturated carbocycles. The van der Waals surface area contributed by atoms with Crippen LogP contribution in [0.25, 0.3) is 6.08 Å². The van der Waals surface area contributed by atoms with Crippen molar-refractivity contribution in [2.75, 3.05) is 12.8 Å². The van der Waals surface area contributed by atoms with E-state index in [-0.39, 0.29) is 20.8 Å². The maximum Gasteiger partial charge on any atom is 0.362 e. The molecule has 2 aromatic rings. The second-order valence-electron chi connectivity index (χ2n) is 6.02. The van der Waals surface area contributed by atoms with Crippen LogP contribution in [0.5, 0.6) is 0 Å².